The van der Waals surface area contributed by atoms with E-state index in [2.05, 4.69) is 15.6 Å². The Bertz CT molecular complexity index is 522. The minimum Gasteiger partial charge on any atom is -0.488 e. The van der Waals surface area contributed by atoms with E-state index in [4.69, 9.17) is 9.84 Å². The first kappa shape index (κ1) is 20.1. The molecule has 1 atom stereocenters. The average molecular weight is 347 g/mol. The summed E-state index contributed by atoms with van der Waals surface area (Å²) in [6, 6.07) is 4.81. The van der Waals surface area contributed by atoms with Crippen LogP contribution in [0.25, 0.3) is 0 Å². The molecule has 0 saturated carbocycles. The molecule has 0 heterocycles. The topological polar surface area (TPSA) is 65.9 Å². The van der Waals surface area contributed by atoms with Crippen molar-refractivity contribution in [3.8, 4) is 5.75 Å². The lowest BCUT2D eigenvalue weighted by Crippen LogP contribution is -2.39. The highest BCUT2D eigenvalue weighted by Crippen LogP contribution is 2.31. The van der Waals surface area contributed by atoms with Gasteiger partial charge in [-0.15, -0.1) is 0 Å². The van der Waals surface area contributed by atoms with E-state index in [1.165, 1.54) is 12.1 Å². The lowest BCUT2D eigenvalue weighted by Gasteiger charge is -2.18. The predicted molar refractivity (Wildman–Crippen MR) is 87.2 cm³/mol. The third kappa shape index (κ3) is 7.08. The van der Waals surface area contributed by atoms with E-state index in [-0.39, 0.29) is 25.0 Å². The maximum absolute atomic E-state index is 12.7. The molecule has 24 heavy (non-hydrogen) atoms. The predicted octanol–water partition coefficient (Wildman–Crippen LogP) is 2.41. The first-order valence-corrected chi connectivity index (χ1v) is 7.87. The van der Waals surface area contributed by atoms with Gasteiger partial charge >= 0.3 is 6.18 Å². The smallest absolute Gasteiger partial charge is 0.416 e. The molecule has 0 radical (unpaired) electrons. The van der Waals surface area contributed by atoms with E-state index in [1.54, 1.807) is 0 Å². The number of guanidine groups is 1. The maximum atomic E-state index is 12.7. The molecular weight excluding hydrogens is 323 g/mol. The minimum absolute atomic E-state index is 0.0254. The summed E-state index contributed by atoms with van der Waals surface area (Å²) >= 11 is 0. The molecule has 1 aromatic rings. The Morgan fingerprint density at radius 3 is 2.62 bits per heavy atom. The van der Waals surface area contributed by atoms with Crippen LogP contribution in [0.15, 0.2) is 29.3 Å². The number of ether oxygens (including phenoxy) is 1. The summed E-state index contributed by atoms with van der Waals surface area (Å²) in [5.74, 6) is 0.692. The van der Waals surface area contributed by atoms with Crippen molar-refractivity contribution in [1.82, 2.24) is 10.6 Å². The first-order valence-electron chi connectivity index (χ1n) is 7.87. The number of nitrogens with zero attached hydrogens (tertiary/aromatic N) is 1. The monoisotopic (exact) mass is 347 g/mol. The summed E-state index contributed by atoms with van der Waals surface area (Å²) < 4.78 is 43.8. The molecule has 136 valence electrons. The summed E-state index contributed by atoms with van der Waals surface area (Å²) in [4.78, 5) is 4.33. The van der Waals surface area contributed by atoms with Crippen LogP contribution >= 0.6 is 0 Å². The number of nitrogens with one attached hydrogen (secondary N) is 2. The summed E-state index contributed by atoms with van der Waals surface area (Å²) in [5, 5.41) is 14.8. The maximum Gasteiger partial charge on any atom is 0.416 e. The molecule has 1 rings (SSSR count). The van der Waals surface area contributed by atoms with Crippen LogP contribution in [-0.2, 0) is 6.18 Å². The van der Waals surface area contributed by atoms with Gasteiger partial charge in [0.15, 0.2) is 5.96 Å². The number of hydrogen-bond donors (Lipinski definition) is 3. The molecule has 1 unspecified atom stereocenters. The van der Waals surface area contributed by atoms with Crippen LogP contribution in [0, 0.1) is 0 Å². The Kier molecular flexibility index (Phi) is 8.39. The third-order valence-electron chi connectivity index (χ3n) is 3.12. The van der Waals surface area contributed by atoms with Crippen molar-refractivity contribution in [3.63, 3.8) is 0 Å². The lowest BCUT2D eigenvalue weighted by molar-refractivity contribution is -0.137. The Morgan fingerprint density at radius 1 is 1.29 bits per heavy atom. The largest absolute Gasteiger partial charge is 0.488 e. The molecule has 1 aromatic carbocycles. The van der Waals surface area contributed by atoms with Crippen molar-refractivity contribution in [2.24, 2.45) is 4.99 Å². The van der Waals surface area contributed by atoms with Crippen LogP contribution < -0.4 is 15.4 Å². The average Bonchev–Trinajstić information content (AvgIpc) is 2.55. The highest BCUT2D eigenvalue weighted by atomic mass is 19.4. The molecule has 0 aromatic heterocycles. The number of rotatable bonds is 8. The fourth-order valence-corrected chi connectivity index (χ4v) is 1.90. The Balaban J connectivity index is 2.73. The minimum atomic E-state index is -4.40. The van der Waals surface area contributed by atoms with Crippen molar-refractivity contribution >= 4 is 5.96 Å². The van der Waals surface area contributed by atoms with E-state index < -0.39 is 11.7 Å². The van der Waals surface area contributed by atoms with Gasteiger partial charge in [0.05, 0.1) is 18.7 Å². The van der Waals surface area contributed by atoms with Gasteiger partial charge in [-0.05, 0) is 31.5 Å². The van der Waals surface area contributed by atoms with Gasteiger partial charge in [0.2, 0.25) is 0 Å². The quantitative estimate of drug-likeness (QED) is 0.499. The highest BCUT2D eigenvalue weighted by molar-refractivity contribution is 5.79. The fourth-order valence-electron chi connectivity index (χ4n) is 1.90. The molecule has 0 spiro atoms. The lowest BCUT2D eigenvalue weighted by atomic mass is 10.2. The molecular formula is C16H24F3N3O2. The van der Waals surface area contributed by atoms with Crippen molar-refractivity contribution in [2.75, 3.05) is 26.2 Å². The molecule has 0 aliphatic carbocycles. The Hall–Kier alpha value is -1.96. The SMILES string of the molecule is CCNC(=NCC(CC)Oc1cccc(C(F)(F)F)c1)NCCO. The van der Waals surface area contributed by atoms with Crippen LogP contribution in [0.4, 0.5) is 13.2 Å². The zero-order valence-electron chi connectivity index (χ0n) is 13.9. The third-order valence-corrected chi connectivity index (χ3v) is 3.12. The van der Waals surface area contributed by atoms with Crippen LogP contribution in [0.1, 0.15) is 25.8 Å². The highest BCUT2D eigenvalue weighted by Gasteiger charge is 2.30. The molecule has 0 amide bonds. The van der Waals surface area contributed by atoms with E-state index in [0.717, 1.165) is 12.1 Å². The van der Waals surface area contributed by atoms with Crippen LogP contribution in [0.2, 0.25) is 0 Å². The van der Waals surface area contributed by atoms with Crippen molar-refractivity contribution in [3.05, 3.63) is 29.8 Å². The second-order valence-electron chi connectivity index (χ2n) is 5.04. The number of alkyl halides is 3. The molecule has 0 fully saturated rings. The zero-order chi connectivity index (χ0) is 18.0. The Labute approximate surface area is 139 Å². The summed E-state index contributed by atoms with van der Waals surface area (Å²) in [7, 11) is 0. The fraction of sp³-hybridized carbons (Fsp3) is 0.562. The van der Waals surface area contributed by atoms with E-state index in [0.29, 0.717) is 25.5 Å². The van der Waals surface area contributed by atoms with Gasteiger partial charge in [-0.3, -0.25) is 0 Å². The standard InChI is InChI=1S/C16H24F3N3O2/c1-3-13(11-22-15(20-4-2)21-8-9-23)24-14-7-5-6-12(10-14)16(17,18)19/h5-7,10,13,23H,3-4,8-9,11H2,1-2H3,(H2,20,21,22). The second kappa shape index (κ2) is 10.0. The molecule has 3 N–H and O–H groups in total. The number of hydrogen-bond acceptors (Lipinski definition) is 3. The normalized spacial score (nSPS) is 13.5. The summed E-state index contributed by atoms with van der Waals surface area (Å²) in [6.45, 7) is 5.06. The van der Waals surface area contributed by atoms with Gasteiger partial charge < -0.3 is 20.5 Å². The summed E-state index contributed by atoms with van der Waals surface area (Å²) in [6.07, 6.45) is -4.15. The van der Waals surface area contributed by atoms with E-state index in [1.807, 2.05) is 13.8 Å². The van der Waals surface area contributed by atoms with Gasteiger partial charge in [-0.2, -0.15) is 13.2 Å². The van der Waals surface area contributed by atoms with Gasteiger partial charge in [0, 0.05) is 13.1 Å². The number of aliphatic imine (C=N–C) groups is 1. The molecule has 0 aliphatic rings. The van der Waals surface area contributed by atoms with Crippen LogP contribution in [0.3, 0.4) is 0 Å². The second-order valence-corrected chi connectivity index (χ2v) is 5.04. The molecule has 5 nitrogen and oxygen atoms in total. The Morgan fingerprint density at radius 2 is 2.04 bits per heavy atom. The first-order chi connectivity index (χ1) is 11.4. The number of benzene rings is 1. The summed E-state index contributed by atoms with van der Waals surface area (Å²) in [5.41, 5.74) is -0.740. The number of aliphatic hydroxyl groups is 1. The number of aliphatic hydroxyl groups excluding tert-OH is 1. The molecule has 0 aliphatic heterocycles. The van der Waals surface area contributed by atoms with Crippen molar-refractivity contribution in [2.45, 2.75) is 32.5 Å². The molecule has 8 heteroatoms. The van der Waals surface area contributed by atoms with Crippen LogP contribution in [-0.4, -0.2) is 43.4 Å². The number of halogens is 3. The van der Waals surface area contributed by atoms with E-state index in [9.17, 15) is 13.2 Å². The van der Waals surface area contributed by atoms with Gasteiger partial charge in [-0.25, -0.2) is 4.99 Å². The van der Waals surface area contributed by atoms with Gasteiger partial charge in [-0.1, -0.05) is 13.0 Å². The molecule has 0 saturated heterocycles. The van der Waals surface area contributed by atoms with Crippen LogP contribution in [0.5, 0.6) is 5.75 Å². The molecule has 0 bridgehead atoms. The van der Waals surface area contributed by atoms with Gasteiger partial charge in [0.25, 0.3) is 0 Å². The van der Waals surface area contributed by atoms with Gasteiger partial charge in [0.1, 0.15) is 11.9 Å². The van der Waals surface area contributed by atoms with Crippen molar-refractivity contribution in [1.29, 1.82) is 0 Å². The van der Waals surface area contributed by atoms with E-state index >= 15 is 0 Å². The van der Waals surface area contributed by atoms with Crippen molar-refractivity contribution < 1.29 is 23.0 Å². The zero-order valence-corrected chi connectivity index (χ0v) is 13.9.